The largest absolute Gasteiger partial charge is 0.506 e. The average molecular weight is 282 g/mol. The van der Waals surface area contributed by atoms with Crippen molar-refractivity contribution in [2.45, 2.75) is 19.9 Å². The van der Waals surface area contributed by atoms with Crippen molar-refractivity contribution in [1.29, 1.82) is 0 Å². The Bertz CT molecular complexity index is 524. The number of phenols is 1. The maximum absolute atomic E-state index is 9.49. The van der Waals surface area contributed by atoms with Gasteiger partial charge in [-0.1, -0.05) is 23.7 Å². The fraction of sp³-hybridized carbons (Fsp3) is 0.286. The van der Waals surface area contributed by atoms with E-state index in [2.05, 4.69) is 23.7 Å². The van der Waals surface area contributed by atoms with Crippen LogP contribution in [0.5, 0.6) is 5.75 Å². The summed E-state index contributed by atoms with van der Waals surface area (Å²) >= 11 is 7.80. The first-order chi connectivity index (χ1) is 8.68. The van der Waals surface area contributed by atoms with Crippen molar-refractivity contribution in [2.24, 2.45) is 0 Å². The lowest BCUT2D eigenvalue weighted by Crippen LogP contribution is -2.16. The predicted octanol–water partition coefficient (Wildman–Crippen LogP) is 3.75. The molecule has 0 atom stereocenters. The SMILES string of the molecule is Cc1ccsc1CCNCc1cccc(O)c1Cl. The first-order valence-electron chi connectivity index (χ1n) is 5.88. The molecule has 2 aromatic rings. The van der Waals surface area contributed by atoms with E-state index in [1.165, 1.54) is 10.4 Å². The third-order valence-corrected chi connectivity index (χ3v) is 4.39. The second kappa shape index (κ2) is 6.23. The molecule has 1 heterocycles. The fourth-order valence-corrected chi connectivity index (χ4v) is 2.89. The quantitative estimate of drug-likeness (QED) is 0.818. The Morgan fingerprint density at radius 1 is 1.33 bits per heavy atom. The summed E-state index contributed by atoms with van der Waals surface area (Å²) in [7, 11) is 0. The minimum atomic E-state index is 0.144. The van der Waals surface area contributed by atoms with Crippen LogP contribution in [0.4, 0.5) is 0 Å². The standard InChI is InChI=1S/C14H16ClNOS/c1-10-6-8-18-13(10)5-7-16-9-11-3-2-4-12(17)14(11)15/h2-4,6,8,16-17H,5,7,9H2,1H3. The molecule has 96 valence electrons. The summed E-state index contributed by atoms with van der Waals surface area (Å²) in [6.45, 7) is 3.73. The Hall–Kier alpha value is -1.03. The summed E-state index contributed by atoms with van der Waals surface area (Å²) in [5.74, 6) is 0.144. The van der Waals surface area contributed by atoms with Crippen molar-refractivity contribution in [3.63, 3.8) is 0 Å². The van der Waals surface area contributed by atoms with Crippen molar-refractivity contribution >= 4 is 22.9 Å². The van der Waals surface area contributed by atoms with Crippen LogP contribution in [0.15, 0.2) is 29.6 Å². The summed E-state index contributed by atoms with van der Waals surface area (Å²) in [5.41, 5.74) is 2.29. The molecule has 2 N–H and O–H groups in total. The van der Waals surface area contributed by atoms with Crippen molar-refractivity contribution in [3.05, 3.63) is 50.7 Å². The smallest absolute Gasteiger partial charge is 0.134 e. The van der Waals surface area contributed by atoms with Gasteiger partial charge in [-0.3, -0.25) is 0 Å². The van der Waals surface area contributed by atoms with E-state index in [0.717, 1.165) is 18.5 Å². The number of aryl methyl sites for hydroxylation is 1. The first kappa shape index (κ1) is 13.4. The van der Waals surface area contributed by atoms with E-state index in [9.17, 15) is 5.11 Å². The highest BCUT2D eigenvalue weighted by Gasteiger charge is 2.04. The number of nitrogens with one attached hydrogen (secondary N) is 1. The molecule has 0 saturated heterocycles. The maximum Gasteiger partial charge on any atom is 0.134 e. The molecule has 4 heteroatoms. The molecule has 18 heavy (non-hydrogen) atoms. The van der Waals surface area contributed by atoms with E-state index in [0.29, 0.717) is 11.6 Å². The van der Waals surface area contributed by atoms with Gasteiger partial charge in [0.25, 0.3) is 0 Å². The Morgan fingerprint density at radius 2 is 2.17 bits per heavy atom. The molecule has 1 aromatic carbocycles. The van der Waals surface area contributed by atoms with Gasteiger partial charge in [-0.25, -0.2) is 0 Å². The zero-order valence-corrected chi connectivity index (χ0v) is 11.8. The molecule has 0 saturated carbocycles. The lowest BCUT2D eigenvalue weighted by atomic mass is 10.2. The molecule has 1 aromatic heterocycles. The van der Waals surface area contributed by atoms with Crippen LogP contribution in [0.3, 0.4) is 0 Å². The van der Waals surface area contributed by atoms with Crippen molar-refractivity contribution in [1.82, 2.24) is 5.32 Å². The van der Waals surface area contributed by atoms with Crippen LogP contribution in [-0.2, 0) is 13.0 Å². The van der Waals surface area contributed by atoms with Crippen LogP contribution >= 0.6 is 22.9 Å². The molecular weight excluding hydrogens is 266 g/mol. The van der Waals surface area contributed by atoms with E-state index in [1.807, 2.05) is 12.1 Å². The summed E-state index contributed by atoms with van der Waals surface area (Å²) in [5, 5.41) is 15.4. The molecule has 0 amide bonds. The molecule has 0 aliphatic rings. The van der Waals surface area contributed by atoms with Crippen LogP contribution in [0.2, 0.25) is 5.02 Å². The van der Waals surface area contributed by atoms with Gasteiger partial charge in [-0.15, -0.1) is 11.3 Å². The number of halogens is 1. The van der Waals surface area contributed by atoms with E-state index < -0.39 is 0 Å². The molecule has 0 aliphatic carbocycles. The van der Waals surface area contributed by atoms with E-state index in [1.54, 1.807) is 17.4 Å². The molecule has 0 fully saturated rings. The molecular formula is C14H16ClNOS. The minimum absolute atomic E-state index is 0.144. The summed E-state index contributed by atoms with van der Waals surface area (Å²) in [6.07, 6.45) is 1.03. The predicted molar refractivity (Wildman–Crippen MR) is 77.6 cm³/mol. The Labute approximate surface area is 116 Å². The van der Waals surface area contributed by atoms with Gasteiger partial charge in [0.2, 0.25) is 0 Å². The van der Waals surface area contributed by atoms with Crippen molar-refractivity contribution in [2.75, 3.05) is 6.54 Å². The van der Waals surface area contributed by atoms with Gasteiger partial charge in [0.05, 0.1) is 5.02 Å². The van der Waals surface area contributed by atoms with Gasteiger partial charge in [-0.05, 0) is 42.0 Å². The van der Waals surface area contributed by atoms with Crippen LogP contribution in [-0.4, -0.2) is 11.7 Å². The van der Waals surface area contributed by atoms with Crippen molar-refractivity contribution < 1.29 is 5.11 Å². The molecule has 0 spiro atoms. The highest BCUT2D eigenvalue weighted by Crippen LogP contribution is 2.26. The number of rotatable bonds is 5. The Kier molecular flexibility index (Phi) is 4.64. The highest BCUT2D eigenvalue weighted by molar-refractivity contribution is 7.10. The molecule has 2 rings (SSSR count). The maximum atomic E-state index is 9.49. The highest BCUT2D eigenvalue weighted by atomic mass is 35.5. The normalized spacial score (nSPS) is 10.8. The zero-order valence-electron chi connectivity index (χ0n) is 10.2. The molecule has 0 radical (unpaired) electrons. The average Bonchev–Trinajstić information content (AvgIpc) is 2.76. The summed E-state index contributed by atoms with van der Waals surface area (Å²) < 4.78 is 0. The topological polar surface area (TPSA) is 32.3 Å². The lowest BCUT2D eigenvalue weighted by molar-refractivity contribution is 0.474. The lowest BCUT2D eigenvalue weighted by Gasteiger charge is -2.07. The molecule has 2 nitrogen and oxygen atoms in total. The number of hydrogen-bond acceptors (Lipinski definition) is 3. The van der Waals surface area contributed by atoms with Gasteiger partial charge in [0.15, 0.2) is 0 Å². The monoisotopic (exact) mass is 281 g/mol. The Balaban J connectivity index is 1.82. The van der Waals surface area contributed by atoms with Gasteiger partial charge in [0.1, 0.15) is 5.75 Å². The summed E-state index contributed by atoms with van der Waals surface area (Å²) in [6, 6.07) is 7.47. The van der Waals surface area contributed by atoms with E-state index in [-0.39, 0.29) is 5.75 Å². The van der Waals surface area contributed by atoms with Crippen LogP contribution in [0.25, 0.3) is 0 Å². The van der Waals surface area contributed by atoms with Crippen LogP contribution in [0.1, 0.15) is 16.0 Å². The third-order valence-electron chi connectivity index (χ3n) is 2.87. The molecule has 0 unspecified atom stereocenters. The number of thiophene rings is 1. The minimum Gasteiger partial charge on any atom is -0.506 e. The molecule has 0 aliphatic heterocycles. The number of hydrogen-bond donors (Lipinski definition) is 2. The summed E-state index contributed by atoms with van der Waals surface area (Å²) in [4.78, 5) is 1.42. The second-order valence-electron chi connectivity index (χ2n) is 4.20. The first-order valence-corrected chi connectivity index (χ1v) is 7.14. The Morgan fingerprint density at radius 3 is 2.89 bits per heavy atom. The van der Waals surface area contributed by atoms with Gasteiger partial charge >= 0.3 is 0 Å². The fourth-order valence-electron chi connectivity index (χ4n) is 1.79. The van der Waals surface area contributed by atoms with E-state index >= 15 is 0 Å². The van der Waals surface area contributed by atoms with Gasteiger partial charge < -0.3 is 10.4 Å². The van der Waals surface area contributed by atoms with Crippen LogP contribution in [0, 0.1) is 6.92 Å². The van der Waals surface area contributed by atoms with Crippen molar-refractivity contribution in [3.8, 4) is 5.75 Å². The van der Waals surface area contributed by atoms with Crippen LogP contribution < -0.4 is 5.32 Å². The molecule has 0 bridgehead atoms. The zero-order chi connectivity index (χ0) is 13.0. The third kappa shape index (κ3) is 3.25. The van der Waals surface area contributed by atoms with E-state index in [4.69, 9.17) is 11.6 Å². The second-order valence-corrected chi connectivity index (χ2v) is 5.58. The van der Waals surface area contributed by atoms with Gasteiger partial charge in [0, 0.05) is 18.0 Å². The number of aromatic hydroxyl groups is 1. The number of phenolic OH excluding ortho intramolecular Hbond substituents is 1. The number of benzene rings is 1. The van der Waals surface area contributed by atoms with Gasteiger partial charge in [-0.2, -0.15) is 0 Å².